The Morgan fingerprint density at radius 1 is 1.07 bits per heavy atom. The van der Waals surface area contributed by atoms with Crippen molar-refractivity contribution in [2.45, 2.75) is 44.6 Å². The van der Waals surface area contributed by atoms with Gasteiger partial charge in [0.25, 0.3) is 0 Å². The van der Waals surface area contributed by atoms with Crippen LogP contribution in [0.2, 0.25) is 0 Å². The number of methoxy groups -OCH3 is 1. The van der Waals surface area contributed by atoms with E-state index in [1.54, 1.807) is 18.2 Å². The monoisotopic (exact) mass is 390 g/mol. The second-order valence-electron chi connectivity index (χ2n) is 6.77. The Morgan fingerprint density at radius 2 is 1.78 bits per heavy atom. The van der Waals surface area contributed by atoms with E-state index >= 15 is 0 Å². The summed E-state index contributed by atoms with van der Waals surface area (Å²) in [5.74, 6) is -0.0479. The van der Waals surface area contributed by atoms with Crippen LogP contribution in [0.5, 0.6) is 5.75 Å². The van der Waals surface area contributed by atoms with Crippen molar-refractivity contribution >= 4 is 21.6 Å². The van der Waals surface area contributed by atoms with Crippen molar-refractivity contribution in [3.8, 4) is 5.75 Å². The maximum atomic E-state index is 12.8. The van der Waals surface area contributed by atoms with E-state index in [-0.39, 0.29) is 16.6 Å². The van der Waals surface area contributed by atoms with E-state index in [1.807, 2.05) is 45.0 Å². The maximum absolute atomic E-state index is 12.8. The molecule has 2 aromatic carbocycles. The first kappa shape index (κ1) is 20.9. The van der Waals surface area contributed by atoms with Gasteiger partial charge >= 0.3 is 0 Å². The molecule has 0 saturated carbocycles. The van der Waals surface area contributed by atoms with Gasteiger partial charge in [-0.15, -0.1) is 0 Å². The van der Waals surface area contributed by atoms with E-state index in [4.69, 9.17) is 4.74 Å². The lowest BCUT2D eigenvalue weighted by molar-refractivity contribution is -0.117. The number of carbonyl (C=O) groups excluding carboxylic acids is 1. The molecule has 146 valence electrons. The molecule has 0 fully saturated rings. The topological polar surface area (TPSA) is 84.5 Å². The van der Waals surface area contributed by atoms with Gasteiger partial charge in [-0.2, -0.15) is 4.72 Å². The minimum atomic E-state index is -3.94. The van der Waals surface area contributed by atoms with E-state index in [0.29, 0.717) is 5.69 Å². The zero-order valence-corrected chi connectivity index (χ0v) is 17.1. The molecule has 6 nitrogen and oxygen atoms in total. The number of rotatable bonds is 7. The molecule has 0 aromatic heterocycles. The fraction of sp³-hybridized carbons (Fsp3) is 0.350. The third-order valence-corrected chi connectivity index (χ3v) is 5.72. The molecule has 1 unspecified atom stereocenters. The number of ether oxygens (including phenoxy) is 1. The van der Waals surface area contributed by atoms with Crippen LogP contribution in [0.1, 0.15) is 37.8 Å². The number of hydrogen-bond acceptors (Lipinski definition) is 4. The highest BCUT2D eigenvalue weighted by atomic mass is 32.2. The van der Waals surface area contributed by atoms with Gasteiger partial charge in [0.05, 0.1) is 13.2 Å². The Morgan fingerprint density at radius 3 is 2.37 bits per heavy atom. The lowest BCUT2D eigenvalue weighted by atomic mass is 10.0. The van der Waals surface area contributed by atoms with Crippen LogP contribution in [0.25, 0.3) is 0 Å². The van der Waals surface area contributed by atoms with Crippen LogP contribution in [-0.2, 0) is 14.8 Å². The number of carbonyl (C=O) groups is 1. The van der Waals surface area contributed by atoms with Gasteiger partial charge in [-0.05, 0) is 55.2 Å². The molecule has 1 atom stereocenters. The minimum absolute atomic E-state index is 0.0198. The molecule has 0 aliphatic heterocycles. The maximum Gasteiger partial charge on any atom is 0.244 e. The molecule has 0 heterocycles. The van der Waals surface area contributed by atoms with Crippen LogP contribution in [0.15, 0.2) is 47.4 Å². The summed E-state index contributed by atoms with van der Waals surface area (Å²) in [5, 5.41) is 2.72. The predicted octanol–water partition coefficient (Wildman–Crippen LogP) is 3.43. The molecule has 1 amide bonds. The van der Waals surface area contributed by atoms with E-state index in [0.717, 1.165) is 11.1 Å². The summed E-state index contributed by atoms with van der Waals surface area (Å²) < 4.78 is 33.3. The van der Waals surface area contributed by atoms with Crippen molar-refractivity contribution in [3.05, 3.63) is 53.6 Å². The number of sulfonamides is 1. The summed E-state index contributed by atoms with van der Waals surface area (Å²) in [6, 6.07) is 11.4. The smallest absolute Gasteiger partial charge is 0.244 e. The summed E-state index contributed by atoms with van der Waals surface area (Å²) in [6.07, 6.45) is 0. The summed E-state index contributed by atoms with van der Waals surface area (Å²) >= 11 is 0. The van der Waals surface area contributed by atoms with Gasteiger partial charge in [0.1, 0.15) is 10.6 Å². The second kappa shape index (κ2) is 8.54. The molecule has 0 radical (unpaired) electrons. The summed E-state index contributed by atoms with van der Waals surface area (Å²) in [7, 11) is -2.53. The van der Waals surface area contributed by atoms with Crippen molar-refractivity contribution < 1.29 is 17.9 Å². The van der Waals surface area contributed by atoms with Crippen LogP contribution >= 0.6 is 0 Å². The van der Waals surface area contributed by atoms with Crippen molar-refractivity contribution in [1.29, 1.82) is 0 Å². The normalized spacial score (nSPS) is 12.7. The zero-order valence-electron chi connectivity index (χ0n) is 16.2. The molecule has 7 heteroatoms. The molecule has 27 heavy (non-hydrogen) atoms. The van der Waals surface area contributed by atoms with Crippen molar-refractivity contribution in [2.75, 3.05) is 12.4 Å². The molecule has 2 N–H and O–H groups in total. The highest BCUT2D eigenvalue weighted by Crippen LogP contribution is 2.28. The Balaban J connectivity index is 2.22. The highest BCUT2D eigenvalue weighted by Gasteiger charge is 2.25. The fourth-order valence-electron chi connectivity index (χ4n) is 2.59. The minimum Gasteiger partial charge on any atom is -0.495 e. The van der Waals surface area contributed by atoms with Crippen LogP contribution in [0.4, 0.5) is 5.69 Å². The molecule has 0 saturated heterocycles. The van der Waals surface area contributed by atoms with Gasteiger partial charge in [-0.3, -0.25) is 4.79 Å². The lowest BCUT2D eigenvalue weighted by Crippen LogP contribution is -2.41. The average molecular weight is 391 g/mol. The van der Waals surface area contributed by atoms with Gasteiger partial charge in [-0.1, -0.05) is 32.0 Å². The fourth-order valence-corrected chi connectivity index (χ4v) is 3.99. The Bertz CT molecular complexity index is 923. The number of hydrogen-bond donors (Lipinski definition) is 2. The van der Waals surface area contributed by atoms with Crippen LogP contribution < -0.4 is 14.8 Å². The first-order chi connectivity index (χ1) is 12.6. The van der Waals surface area contributed by atoms with Gasteiger partial charge in [-0.25, -0.2) is 8.42 Å². The molecular formula is C20H26N2O4S. The number of amides is 1. The third kappa shape index (κ3) is 5.30. The first-order valence-electron chi connectivity index (χ1n) is 8.72. The van der Waals surface area contributed by atoms with Crippen molar-refractivity contribution in [3.63, 3.8) is 0 Å². The highest BCUT2D eigenvalue weighted by molar-refractivity contribution is 7.89. The van der Waals surface area contributed by atoms with E-state index in [2.05, 4.69) is 10.0 Å². The van der Waals surface area contributed by atoms with Crippen molar-refractivity contribution in [1.82, 2.24) is 4.72 Å². The van der Waals surface area contributed by atoms with E-state index < -0.39 is 22.0 Å². The summed E-state index contributed by atoms with van der Waals surface area (Å²) in [4.78, 5) is 12.4. The first-order valence-corrected chi connectivity index (χ1v) is 10.2. The van der Waals surface area contributed by atoms with Crippen LogP contribution in [0, 0.1) is 6.92 Å². The summed E-state index contributed by atoms with van der Waals surface area (Å²) in [6.45, 7) is 7.37. The standard InChI is InChI=1S/C20H26N2O4S/c1-13(2)16-9-10-18(26-5)19(12-16)27(24,25)22-15(4)20(23)21-17-8-6-7-14(3)11-17/h6-13,15,22H,1-5H3,(H,21,23). The summed E-state index contributed by atoms with van der Waals surface area (Å²) in [5.41, 5.74) is 2.48. The van der Waals surface area contributed by atoms with Gasteiger partial charge < -0.3 is 10.1 Å². The molecular weight excluding hydrogens is 364 g/mol. The zero-order chi connectivity index (χ0) is 20.2. The number of anilines is 1. The largest absolute Gasteiger partial charge is 0.495 e. The molecule has 0 aliphatic carbocycles. The molecule has 0 aliphatic rings. The molecule has 0 bridgehead atoms. The molecule has 2 aromatic rings. The number of benzene rings is 2. The Labute approximate surface area is 161 Å². The van der Waals surface area contributed by atoms with Crippen molar-refractivity contribution in [2.24, 2.45) is 0 Å². The number of nitrogens with one attached hydrogen (secondary N) is 2. The number of aryl methyl sites for hydroxylation is 1. The van der Waals surface area contributed by atoms with Crippen LogP contribution in [0.3, 0.4) is 0 Å². The third-order valence-electron chi connectivity index (χ3n) is 4.15. The van der Waals surface area contributed by atoms with Gasteiger partial charge in [0, 0.05) is 5.69 Å². The van der Waals surface area contributed by atoms with Gasteiger partial charge in [0.2, 0.25) is 15.9 Å². The van der Waals surface area contributed by atoms with E-state index in [1.165, 1.54) is 14.0 Å². The molecule has 2 rings (SSSR count). The molecule has 0 spiro atoms. The van der Waals surface area contributed by atoms with Gasteiger partial charge in [0.15, 0.2) is 0 Å². The average Bonchev–Trinajstić information content (AvgIpc) is 2.60. The Kier molecular flexibility index (Phi) is 6.62. The predicted molar refractivity (Wildman–Crippen MR) is 107 cm³/mol. The van der Waals surface area contributed by atoms with E-state index in [9.17, 15) is 13.2 Å². The lowest BCUT2D eigenvalue weighted by Gasteiger charge is -2.17. The van der Waals surface area contributed by atoms with Crippen LogP contribution in [-0.4, -0.2) is 27.5 Å². The Hall–Kier alpha value is -2.38. The second-order valence-corrected chi connectivity index (χ2v) is 8.45. The quantitative estimate of drug-likeness (QED) is 0.758. The SMILES string of the molecule is COc1ccc(C(C)C)cc1S(=O)(=O)NC(C)C(=O)Nc1cccc(C)c1.